The van der Waals surface area contributed by atoms with E-state index in [-0.39, 0.29) is 12.3 Å². The van der Waals surface area contributed by atoms with Crippen LogP contribution in [0.25, 0.3) is 16.9 Å². The number of nitrogens with zero attached hydrogens (tertiary/aromatic N) is 6. The van der Waals surface area contributed by atoms with E-state index >= 15 is 0 Å². The predicted octanol–water partition coefficient (Wildman–Crippen LogP) is 3.42. The number of hydrogen-bond donors (Lipinski definition) is 0. The molecular weight excluding hydrogens is 404 g/mol. The van der Waals surface area contributed by atoms with Crippen LogP contribution >= 0.6 is 11.6 Å². The maximum atomic E-state index is 12.4. The summed E-state index contributed by atoms with van der Waals surface area (Å²) in [4.78, 5) is 12.4. The van der Waals surface area contributed by atoms with Crippen LogP contribution in [0.2, 0.25) is 5.02 Å². The van der Waals surface area contributed by atoms with E-state index in [2.05, 4.69) is 22.1 Å². The van der Waals surface area contributed by atoms with E-state index in [0.717, 1.165) is 22.4 Å². The molecule has 0 atom stereocenters. The quantitative estimate of drug-likeness (QED) is 0.475. The van der Waals surface area contributed by atoms with Gasteiger partial charge < -0.3 is 4.74 Å². The van der Waals surface area contributed by atoms with Crippen molar-refractivity contribution in [3.63, 3.8) is 0 Å². The van der Waals surface area contributed by atoms with Crippen molar-refractivity contribution in [1.82, 2.24) is 29.6 Å². The monoisotopic (exact) mass is 422 g/mol. The third kappa shape index (κ3) is 3.77. The molecule has 0 N–H and O–H groups in total. The van der Waals surface area contributed by atoms with Gasteiger partial charge in [-0.25, -0.2) is 9.48 Å². The van der Waals surface area contributed by atoms with Gasteiger partial charge in [-0.3, -0.25) is 0 Å². The molecule has 2 aromatic heterocycles. The fraction of sp³-hybridized carbons (Fsp3) is 0.143. The molecule has 152 valence electrons. The second-order valence-corrected chi connectivity index (χ2v) is 7.18. The van der Waals surface area contributed by atoms with Gasteiger partial charge in [0.2, 0.25) is 5.88 Å². The number of hydrogen-bond acceptors (Lipinski definition) is 5. The van der Waals surface area contributed by atoms with Crippen molar-refractivity contribution in [3.8, 4) is 17.3 Å². The van der Waals surface area contributed by atoms with Crippen LogP contribution in [0, 0.1) is 0 Å². The summed E-state index contributed by atoms with van der Waals surface area (Å²) in [6.07, 6.45) is 1.80. The Morgan fingerprint density at radius 1 is 1.13 bits per heavy atom. The smallest absolute Gasteiger partial charge is 0.368 e. The summed E-state index contributed by atoms with van der Waals surface area (Å²) in [6, 6.07) is 14.7. The van der Waals surface area contributed by atoms with Crippen molar-refractivity contribution in [1.29, 1.82) is 0 Å². The summed E-state index contributed by atoms with van der Waals surface area (Å²) in [5.74, 6) is 0.443. The SMILES string of the molecule is C=C(C)c1cccc(-n2nnn(C)c2=O)c1COc1ccn(-c2ccc(Cl)cc2)n1. The molecule has 0 radical (unpaired) electrons. The van der Waals surface area contributed by atoms with Crippen molar-refractivity contribution in [3.05, 3.63) is 87.9 Å². The van der Waals surface area contributed by atoms with Gasteiger partial charge in [0.25, 0.3) is 0 Å². The van der Waals surface area contributed by atoms with Crippen LogP contribution in [-0.4, -0.2) is 29.6 Å². The van der Waals surface area contributed by atoms with Crippen LogP contribution in [-0.2, 0) is 13.7 Å². The molecule has 0 aliphatic carbocycles. The molecule has 8 nitrogen and oxygen atoms in total. The molecule has 0 amide bonds. The summed E-state index contributed by atoms with van der Waals surface area (Å²) in [5.41, 5.74) is 3.60. The Bertz CT molecular complexity index is 1270. The van der Waals surface area contributed by atoms with Gasteiger partial charge in [-0.05, 0) is 53.2 Å². The zero-order chi connectivity index (χ0) is 21.3. The van der Waals surface area contributed by atoms with Gasteiger partial charge >= 0.3 is 5.69 Å². The minimum atomic E-state index is -0.345. The van der Waals surface area contributed by atoms with Crippen LogP contribution in [0.4, 0.5) is 0 Å². The van der Waals surface area contributed by atoms with Crippen molar-refractivity contribution in [2.45, 2.75) is 13.5 Å². The maximum absolute atomic E-state index is 12.4. The van der Waals surface area contributed by atoms with Crippen LogP contribution in [0.1, 0.15) is 18.1 Å². The lowest BCUT2D eigenvalue weighted by atomic mass is 10.0. The Morgan fingerprint density at radius 3 is 2.57 bits per heavy atom. The largest absolute Gasteiger partial charge is 0.472 e. The maximum Gasteiger partial charge on any atom is 0.368 e. The van der Waals surface area contributed by atoms with E-state index in [9.17, 15) is 4.79 Å². The molecule has 4 aromatic rings. The predicted molar refractivity (Wildman–Crippen MR) is 114 cm³/mol. The van der Waals surface area contributed by atoms with Crippen LogP contribution in [0.5, 0.6) is 5.88 Å². The number of aryl methyl sites for hydroxylation is 1. The Hall–Kier alpha value is -3.65. The number of tetrazole rings is 1. The molecule has 0 fully saturated rings. The molecule has 9 heteroatoms. The average Bonchev–Trinajstić information content (AvgIpc) is 3.34. The zero-order valence-corrected chi connectivity index (χ0v) is 17.2. The van der Waals surface area contributed by atoms with Gasteiger partial charge in [0, 0.05) is 29.9 Å². The second kappa shape index (κ2) is 8.00. The van der Waals surface area contributed by atoms with Gasteiger partial charge in [0.05, 0.1) is 11.4 Å². The topological polar surface area (TPSA) is 79.8 Å². The Kier molecular flexibility index (Phi) is 5.24. The average molecular weight is 423 g/mol. The Balaban J connectivity index is 1.65. The first-order valence-corrected chi connectivity index (χ1v) is 9.53. The highest BCUT2D eigenvalue weighted by atomic mass is 35.5. The molecule has 0 unspecified atom stereocenters. The third-order valence-electron chi connectivity index (χ3n) is 4.58. The number of benzene rings is 2. The summed E-state index contributed by atoms with van der Waals surface area (Å²) in [7, 11) is 1.55. The van der Waals surface area contributed by atoms with Crippen molar-refractivity contribution < 1.29 is 4.74 Å². The van der Waals surface area contributed by atoms with Gasteiger partial charge in [0.15, 0.2) is 0 Å². The lowest BCUT2D eigenvalue weighted by Gasteiger charge is -2.14. The molecule has 0 saturated carbocycles. The third-order valence-corrected chi connectivity index (χ3v) is 4.83. The van der Waals surface area contributed by atoms with Crippen molar-refractivity contribution >= 4 is 17.2 Å². The fourth-order valence-corrected chi connectivity index (χ4v) is 3.18. The van der Waals surface area contributed by atoms with E-state index in [1.165, 1.54) is 9.36 Å². The minimum Gasteiger partial charge on any atom is -0.472 e. The number of allylic oxidation sites excluding steroid dienone is 1. The number of rotatable bonds is 6. The van der Waals surface area contributed by atoms with Crippen LogP contribution in [0.15, 0.2) is 66.1 Å². The summed E-state index contributed by atoms with van der Waals surface area (Å²) in [6.45, 7) is 6.12. The van der Waals surface area contributed by atoms with Gasteiger partial charge in [-0.15, -0.1) is 5.10 Å². The number of aromatic nitrogens is 6. The summed E-state index contributed by atoms with van der Waals surface area (Å²) in [5, 5.41) is 12.9. The summed E-state index contributed by atoms with van der Waals surface area (Å²) >= 11 is 5.94. The molecule has 0 spiro atoms. The molecule has 0 aliphatic rings. The number of halogens is 1. The standard InChI is InChI=1S/C21H19ClN6O2/c1-14(2)17-5-4-6-19(28-21(29)26(3)24-25-28)18(17)13-30-20-11-12-27(23-20)16-9-7-15(22)8-10-16/h4-12H,1,13H2,2-3H3. The second-order valence-electron chi connectivity index (χ2n) is 6.74. The lowest BCUT2D eigenvalue weighted by Crippen LogP contribution is -2.23. The molecule has 4 rings (SSSR count). The molecule has 0 saturated heterocycles. The molecule has 0 aliphatic heterocycles. The van der Waals surface area contributed by atoms with E-state index in [4.69, 9.17) is 16.3 Å². The Labute approximate surface area is 177 Å². The molecule has 2 heterocycles. The first kappa shape index (κ1) is 19.7. The van der Waals surface area contributed by atoms with Crippen molar-refractivity contribution in [2.75, 3.05) is 0 Å². The van der Waals surface area contributed by atoms with Crippen molar-refractivity contribution in [2.24, 2.45) is 7.05 Å². The van der Waals surface area contributed by atoms with E-state index < -0.39 is 0 Å². The number of ether oxygens (including phenoxy) is 1. The van der Waals surface area contributed by atoms with Gasteiger partial charge in [-0.1, -0.05) is 35.9 Å². The van der Waals surface area contributed by atoms with E-state index in [1.807, 2.05) is 31.2 Å². The Morgan fingerprint density at radius 2 is 1.90 bits per heavy atom. The molecule has 0 bridgehead atoms. The highest BCUT2D eigenvalue weighted by Crippen LogP contribution is 2.25. The zero-order valence-electron chi connectivity index (χ0n) is 16.5. The molecular formula is C21H19ClN6O2. The fourth-order valence-electron chi connectivity index (χ4n) is 3.06. The first-order chi connectivity index (χ1) is 14.4. The highest BCUT2D eigenvalue weighted by molar-refractivity contribution is 6.30. The van der Waals surface area contributed by atoms with E-state index in [0.29, 0.717) is 16.6 Å². The minimum absolute atomic E-state index is 0.180. The first-order valence-electron chi connectivity index (χ1n) is 9.15. The summed E-state index contributed by atoms with van der Waals surface area (Å²) < 4.78 is 10.1. The van der Waals surface area contributed by atoms with Gasteiger partial charge in [-0.2, -0.15) is 9.36 Å². The lowest BCUT2D eigenvalue weighted by molar-refractivity contribution is 0.291. The van der Waals surface area contributed by atoms with Crippen LogP contribution < -0.4 is 10.4 Å². The van der Waals surface area contributed by atoms with E-state index in [1.54, 1.807) is 42.2 Å². The van der Waals surface area contributed by atoms with Crippen LogP contribution in [0.3, 0.4) is 0 Å². The molecule has 30 heavy (non-hydrogen) atoms. The highest BCUT2D eigenvalue weighted by Gasteiger charge is 2.16. The normalized spacial score (nSPS) is 10.9. The molecule has 2 aromatic carbocycles. The van der Waals surface area contributed by atoms with Gasteiger partial charge in [0.1, 0.15) is 6.61 Å².